The second kappa shape index (κ2) is 7.72. The van der Waals surface area contributed by atoms with Crippen molar-refractivity contribution >= 4 is 11.8 Å². The molecule has 1 aromatic rings. The third-order valence-corrected chi connectivity index (χ3v) is 4.38. The van der Waals surface area contributed by atoms with Crippen LogP contribution in [0.3, 0.4) is 0 Å². The van der Waals surface area contributed by atoms with Crippen LogP contribution < -0.4 is 0 Å². The molecular formula is C18H25F3N2O3. The normalized spacial score (nSPS) is 16.6. The smallest absolute Gasteiger partial charge is 0.406 e. The molecule has 0 spiro atoms. The van der Waals surface area contributed by atoms with Gasteiger partial charge in [-0.3, -0.25) is 9.59 Å². The highest BCUT2D eigenvalue weighted by molar-refractivity contribution is 5.82. The summed E-state index contributed by atoms with van der Waals surface area (Å²) in [6, 6.07) is 3.11. The second-order valence-corrected chi connectivity index (χ2v) is 7.71. The van der Waals surface area contributed by atoms with Crippen molar-refractivity contribution in [1.29, 1.82) is 0 Å². The fourth-order valence-corrected chi connectivity index (χ4v) is 3.08. The average molecular weight is 374 g/mol. The van der Waals surface area contributed by atoms with Crippen LogP contribution in [-0.2, 0) is 16.1 Å². The maximum atomic E-state index is 12.9. The van der Waals surface area contributed by atoms with E-state index in [1.807, 2.05) is 20.8 Å². The van der Waals surface area contributed by atoms with Gasteiger partial charge in [0.1, 0.15) is 12.3 Å². The van der Waals surface area contributed by atoms with Crippen molar-refractivity contribution in [3.05, 3.63) is 24.2 Å². The van der Waals surface area contributed by atoms with Crippen LogP contribution in [0.1, 0.15) is 39.4 Å². The molecule has 2 heterocycles. The van der Waals surface area contributed by atoms with Gasteiger partial charge in [0, 0.05) is 24.4 Å². The fraction of sp³-hybridized carbons (Fsp3) is 0.667. The molecule has 1 aromatic heterocycles. The number of carbonyl (C=O) groups excluding carboxylic acids is 2. The maximum absolute atomic E-state index is 12.9. The van der Waals surface area contributed by atoms with Gasteiger partial charge in [-0.25, -0.2) is 0 Å². The minimum Gasteiger partial charge on any atom is -0.467 e. The Hall–Kier alpha value is -1.99. The van der Waals surface area contributed by atoms with E-state index >= 15 is 0 Å². The first-order valence-electron chi connectivity index (χ1n) is 8.64. The number of halogens is 3. The van der Waals surface area contributed by atoms with Gasteiger partial charge < -0.3 is 14.2 Å². The second-order valence-electron chi connectivity index (χ2n) is 7.71. The van der Waals surface area contributed by atoms with Gasteiger partial charge in [0.2, 0.25) is 11.8 Å². The molecule has 0 atom stereocenters. The molecule has 8 heteroatoms. The number of carbonyl (C=O) groups is 2. The molecule has 2 rings (SSSR count). The first-order valence-corrected chi connectivity index (χ1v) is 8.64. The molecule has 1 fully saturated rings. The van der Waals surface area contributed by atoms with Gasteiger partial charge in [-0.05, 0) is 25.0 Å². The van der Waals surface area contributed by atoms with E-state index in [9.17, 15) is 22.8 Å². The highest BCUT2D eigenvalue weighted by Gasteiger charge is 2.38. The van der Waals surface area contributed by atoms with Crippen LogP contribution in [0, 0.1) is 11.3 Å². The van der Waals surface area contributed by atoms with Crippen molar-refractivity contribution in [2.45, 2.75) is 46.3 Å². The number of likely N-dealkylation sites (tertiary alicyclic amines) is 1. The number of hydrogen-bond donors (Lipinski definition) is 0. The van der Waals surface area contributed by atoms with Crippen molar-refractivity contribution in [3.8, 4) is 0 Å². The minimum atomic E-state index is -4.48. The summed E-state index contributed by atoms with van der Waals surface area (Å²) in [6.07, 6.45) is -2.38. The number of amides is 2. The molecule has 26 heavy (non-hydrogen) atoms. The molecule has 1 aliphatic rings. The molecule has 1 saturated heterocycles. The summed E-state index contributed by atoms with van der Waals surface area (Å²) < 4.78 is 43.7. The molecular weight excluding hydrogens is 349 g/mol. The predicted octanol–water partition coefficient (Wildman–Crippen LogP) is 3.46. The molecule has 0 radical (unpaired) electrons. The van der Waals surface area contributed by atoms with E-state index < -0.39 is 30.0 Å². The molecule has 0 aromatic carbocycles. The van der Waals surface area contributed by atoms with E-state index in [4.69, 9.17) is 4.42 Å². The number of piperidine rings is 1. The van der Waals surface area contributed by atoms with E-state index in [1.54, 1.807) is 17.0 Å². The van der Waals surface area contributed by atoms with Crippen LogP contribution in [0.25, 0.3) is 0 Å². The Morgan fingerprint density at radius 2 is 1.85 bits per heavy atom. The largest absolute Gasteiger partial charge is 0.467 e. The summed E-state index contributed by atoms with van der Waals surface area (Å²) in [5.41, 5.74) is -0.515. The molecule has 0 saturated carbocycles. The Balaban J connectivity index is 2.01. The molecule has 0 N–H and O–H groups in total. The van der Waals surface area contributed by atoms with E-state index in [0.717, 1.165) is 4.90 Å². The van der Waals surface area contributed by atoms with Crippen LogP contribution in [0.4, 0.5) is 13.2 Å². The van der Waals surface area contributed by atoms with Gasteiger partial charge in [0.15, 0.2) is 0 Å². The molecule has 0 bridgehead atoms. The zero-order valence-corrected chi connectivity index (χ0v) is 15.3. The Morgan fingerprint density at radius 3 is 2.31 bits per heavy atom. The summed E-state index contributed by atoms with van der Waals surface area (Å²) in [5.74, 6) is -0.757. The van der Waals surface area contributed by atoms with Gasteiger partial charge in [-0.15, -0.1) is 0 Å². The highest BCUT2D eigenvalue weighted by Crippen LogP contribution is 2.27. The van der Waals surface area contributed by atoms with E-state index in [0.29, 0.717) is 31.7 Å². The van der Waals surface area contributed by atoms with E-state index in [2.05, 4.69) is 0 Å². The quantitative estimate of drug-likeness (QED) is 0.811. The van der Waals surface area contributed by atoms with Crippen molar-refractivity contribution in [2.24, 2.45) is 11.3 Å². The third-order valence-electron chi connectivity index (χ3n) is 4.38. The first kappa shape index (κ1) is 20.3. The van der Waals surface area contributed by atoms with Crippen LogP contribution in [0.15, 0.2) is 22.8 Å². The monoisotopic (exact) mass is 374 g/mol. The van der Waals surface area contributed by atoms with Crippen LogP contribution in [0.5, 0.6) is 0 Å². The van der Waals surface area contributed by atoms with Crippen molar-refractivity contribution in [3.63, 3.8) is 0 Å². The Labute approximate surface area is 151 Å². The number of furan rings is 1. The van der Waals surface area contributed by atoms with Gasteiger partial charge in [0.25, 0.3) is 0 Å². The summed E-state index contributed by atoms with van der Waals surface area (Å²) in [6.45, 7) is 4.70. The summed E-state index contributed by atoms with van der Waals surface area (Å²) in [5, 5.41) is 0. The lowest BCUT2D eigenvalue weighted by Crippen LogP contribution is -2.48. The van der Waals surface area contributed by atoms with Crippen LogP contribution in [0.2, 0.25) is 0 Å². The summed E-state index contributed by atoms with van der Waals surface area (Å²) >= 11 is 0. The van der Waals surface area contributed by atoms with Gasteiger partial charge in [0.05, 0.1) is 12.8 Å². The zero-order chi connectivity index (χ0) is 19.5. The van der Waals surface area contributed by atoms with Crippen molar-refractivity contribution < 1.29 is 27.2 Å². The third kappa shape index (κ3) is 5.51. The van der Waals surface area contributed by atoms with Gasteiger partial charge >= 0.3 is 6.18 Å². The van der Waals surface area contributed by atoms with Crippen LogP contribution in [-0.4, -0.2) is 47.4 Å². The Morgan fingerprint density at radius 1 is 1.23 bits per heavy atom. The number of alkyl halides is 3. The molecule has 1 aliphatic heterocycles. The van der Waals surface area contributed by atoms with Gasteiger partial charge in [-0.2, -0.15) is 13.2 Å². The lowest BCUT2D eigenvalue weighted by Gasteiger charge is -2.37. The number of rotatable bonds is 4. The Bertz CT molecular complexity index is 613. The SMILES string of the molecule is CC(C)(C)C(=O)N1CCC(C(=O)N(Cc2ccco2)CC(F)(F)F)CC1. The fourth-order valence-electron chi connectivity index (χ4n) is 3.08. The maximum Gasteiger partial charge on any atom is 0.406 e. The lowest BCUT2D eigenvalue weighted by atomic mass is 9.90. The lowest BCUT2D eigenvalue weighted by molar-refractivity contribution is -0.166. The van der Waals surface area contributed by atoms with Crippen LogP contribution >= 0.6 is 0 Å². The van der Waals surface area contributed by atoms with E-state index in [1.165, 1.54) is 6.26 Å². The average Bonchev–Trinajstić information content (AvgIpc) is 3.04. The minimum absolute atomic E-state index is 0.00821. The highest BCUT2D eigenvalue weighted by atomic mass is 19.4. The summed E-state index contributed by atoms with van der Waals surface area (Å²) in [4.78, 5) is 27.4. The van der Waals surface area contributed by atoms with E-state index in [-0.39, 0.29) is 12.5 Å². The number of nitrogens with zero attached hydrogens (tertiary/aromatic N) is 2. The zero-order valence-electron chi connectivity index (χ0n) is 15.3. The standard InChI is InChI=1S/C18H25F3N2O3/c1-17(2,3)16(25)22-8-6-13(7-9-22)15(24)23(12-18(19,20)21)11-14-5-4-10-26-14/h4-5,10,13H,6-9,11-12H2,1-3H3. The summed E-state index contributed by atoms with van der Waals surface area (Å²) in [7, 11) is 0. The number of hydrogen-bond acceptors (Lipinski definition) is 3. The predicted molar refractivity (Wildman–Crippen MR) is 88.9 cm³/mol. The molecule has 2 amide bonds. The molecule has 0 aliphatic carbocycles. The van der Waals surface area contributed by atoms with Gasteiger partial charge in [-0.1, -0.05) is 20.8 Å². The molecule has 146 valence electrons. The first-order chi connectivity index (χ1) is 12.0. The van der Waals surface area contributed by atoms with Crippen molar-refractivity contribution in [2.75, 3.05) is 19.6 Å². The Kier molecular flexibility index (Phi) is 6.03. The van der Waals surface area contributed by atoms with Crippen molar-refractivity contribution in [1.82, 2.24) is 9.80 Å². The topological polar surface area (TPSA) is 53.8 Å². The molecule has 5 nitrogen and oxygen atoms in total. The molecule has 0 unspecified atom stereocenters.